The summed E-state index contributed by atoms with van der Waals surface area (Å²) in [6.45, 7) is 3.97. The Balaban J connectivity index is 1.34. The molecule has 278 valence electrons. The summed E-state index contributed by atoms with van der Waals surface area (Å²) in [4.78, 5) is 27.6. The van der Waals surface area contributed by atoms with Crippen molar-refractivity contribution in [1.82, 2.24) is 19.5 Å². The van der Waals surface area contributed by atoms with Gasteiger partial charge in [0.05, 0.1) is 25.6 Å². The number of nitrogens with one attached hydrogen (secondary N) is 1. The summed E-state index contributed by atoms with van der Waals surface area (Å²) in [6, 6.07) is 36.1. The summed E-state index contributed by atoms with van der Waals surface area (Å²) >= 11 is 6.88. The second kappa shape index (κ2) is 15.9. The van der Waals surface area contributed by atoms with E-state index in [1.807, 2.05) is 91.9 Å². The molecule has 0 saturated carbocycles. The molecule has 1 aliphatic rings. The van der Waals surface area contributed by atoms with Crippen molar-refractivity contribution in [3.05, 3.63) is 149 Å². The van der Waals surface area contributed by atoms with Gasteiger partial charge in [-0.25, -0.2) is 14.2 Å². The van der Waals surface area contributed by atoms with Crippen LogP contribution >= 0.6 is 11.6 Å². The van der Waals surface area contributed by atoms with Crippen molar-refractivity contribution in [2.75, 3.05) is 25.6 Å². The van der Waals surface area contributed by atoms with Crippen LogP contribution < -0.4 is 10.1 Å². The van der Waals surface area contributed by atoms with Crippen molar-refractivity contribution in [2.24, 2.45) is 0 Å². The van der Waals surface area contributed by atoms with Crippen LogP contribution in [0.5, 0.6) is 5.75 Å². The number of carbonyl (C=O) groups is 1. The maximum Gasteiger partial charge on any atom is 0.338 e. The predicted octanol–water partition coefficient (Wildman–Crippen LogP) is 8.56. The number of aromatic nitrogens is 4. The van der Waals surface area contributed by atoms with E-state index in [-0.39, 0.29) is 34.4 Å². The first-order valence-electron chi connectivity index (χ1n) is 17.9. The minimum absolute atomic E-state index is 0.0378. The molecule has 1 fully saturated rings. The van der Waals surface area contributed by atoms with Gasteiger partial charge in [0.1, 0.15) is 22.9 Å². The van der Waals surface area contributed by atoms with Crippen LogP contribution in [-0.2, 0) is 19.7 Å². The van der Waals surface area contributed by atoms with E-state index in [1.54, 1.807) is 42.0 Å². The number of nitrogens with zero attached hydrogens (tertiary/aromatic N) is 4. The van der Waals surface area contributed by atoms with Gasteiger partial charge in [0.25, 0.3) is 0 Å². The Bertz CT molecular complexity index is 2140. The molecule has 1 N–H and O–H groups in total. The zero-order chi connectivity index (χ0) is 37.7. The van der Waals surface area contributed by atoms with Crippen molar-refractivity contribution < 1.29 is 28.1 Å². The highest BCUT2D eigenvalue weighted by Gasteiger charge is 2.59. The molecule has 12 heteroatoms. The van der Waals surface area contributed by atoms with Gasteiger partial charge in [-0.1, -0.05) is 116 Å². The van der Waals surface area contributed by atoms with Crippen LogP contribution in [0, 0.1) is 0 Å². The van der Waals surface area contributed by atoms with E-state index in [1.165, 1.54) is 13.3 Å². The smallest absolute Gasteiger partial charge is 0.338 e. The lowest BCUT2D eigenvalue weighted by molar-refractivity contribution is -0.101. The first kappa shape index (κ1) is 37.0. The summed E-state index contributed by atoms with van der Waals surface area (Å²) in [5, 5.41) is 3.70. The number of rotatable bonds is 14. The lowest BCUT2D eigenvalue weighted by Crippen LogP contribution is -2.46. The molecule has 0 bridgehead atoms. The number of hydrogen-bond donors (Lipinski definition) is 1. The van der Waals surface area contributed by atoms with Crippen molar-refractivity contribution in [3.8, 4) is 5.75 Å². The molecule has 3 heterocycles. The molecule has 0 unspecified atom stereocenters. The van der Waals surface area contributed by atoms with E-state index in [4.69, 9.17) is 35.5 Å². The second-order valence-corrected chi connectivity index (χ2v) is 13.7. The zero-order valence-electron chi connectivity index (χ0n) is 30.2. The number of fused-ring (bicyclic) bond motifs is 1. The van der Waals surface area contributed by atoms with E-state index in [2.05, 4.69) is 15.3 Å². The summed E-state index contributed by atoms with van der Waals surface area (Å²) in [5.41, 5.74) is 0.622. The van der Waals surface area contributed by atoms with E-state index in [0.29, 0.717) is 12.4 Å². The normalized spacial score (nSPS) is 19.8. The highest BCUT2D eigenvalue weighted by Crippen LogP contribution is 2.46. The molecule has 2 aromatic heterocycles. The Hall–Kier alpha value is -5.36. The molecule has 1 aliphatic heterocycles. The minimum atomic E-state index is -1.81. The molecule has 4 atom stereocenters. The molecule has 4 aromatic carbocycles. The predicted molar refractivity (Wildman–Crippen MR) is 205 cm³/mol. The molecular formula is C42H41ClFN5O5. The van der Waals surface area contributed by atoms with Crippen LogP contribution in [0.15, 0.2) is 122 Å². The molecule has 0 radical (unpaired) electrons. The molecule has 6 aromatic rings. The molecule has 0 spiro atoms. The molecule has 1 saturated heterocycles. The van der Waals surface area contributed by atoms with Crippen molar-refractivity contribution in [2.45, 2.75) is 56.3 Å². The second-order valence-electron chi connectivity index (χ2n) is 13.3. The van der Waals surface area contributed by atoms with Crippen LogP contribution in [0.1, 0.15) is 60.0 Å². The maximum absolute atomic E-state index is 16.7. The van der Waals surface area contributed by atoms with Crippen molar-refractivity contribution in [1.29, 1.82) is 0 Å². The van der Waals surface area contributed by atoms with Gasteiger partial charge >= 0.3 is 5.97 Å². The number of hydrogen-bond acceptors (Lipinski definition) is 9. The summed E-state index contributed by atoms with van der Waals surface area (Å²) in [7, 11) is 1.62. The highest BCUT2D eigenvalue weighted by molar-refractivity contribution is 6.33. The van der Waals surface area contributed by atoms with Gasteiger partial charge in [-0.05, 0) is 54.3 Å². The lowest BCUT2D eigenvalue weighted by atomic mass is 9.77. The van der Waals surface area contributed by atoms with E-state index < -0.39 is 35.6 Å². The van der Waals surface area contributed by atoms with Crippen LogP contribution in [0.2, 0.25) is 5.15 Å². The molecular weight excluding hydrogens is 709 g/mol. The molecule has 7 rings (SSSR count). The lowest BCUT2D eigenvalue weighted by Gasteiger charge is -2.37. The average Bonchev–Trinajstić information content (AvgIpc) is 3.74. The number of alkyl halides is 1. The van der Waals surface area contributed by atoms with Crippen LogP contribution in [0.4, 0.5) is 10.3 Å². The number of methoxy groups -OCH3 is 1. The Morgan fingerprint density at radius 2 is 1.54 bits per heavy atom. The number of anilines is 1. The third-order valence-electron chi connectivity index (χ3n) is 9.78. The molecule has 0 aliphatic carbocycles. The summed E-state index contributed by atoms with van der Waals surface area (Å²) < 4.78 is 41.9. The molecule has 0 amide bonds. The van der Waals surface area contributed by atoms with Crippen LogP contribution in [0.25, 0.3) is 11.2 Å². The number of esters is 1. The van der Waals surface area contributed by atoms with Gasteiger partial charge in [0.15, 0.2) is 28.8 Å². The van der Waals surface area contributed by atoms with Gasteiger partial charge in [-0.2, -0.15) is 9.97 Å². The number of imidazole rings is 1. The number of unbranched alkanes of at least 4 members (excludes halogenated alkanes) is 1. The number of halogens is 2. The molecule has 54 heavy (non-hydrogen) atoms. The Morgan fingerprint density at radius 1 is 0.926 bits per heavy atom. The maximum atomic E-state index is 16.7. The minimum Gasteiger partial charge on any atom is -0.497 e. The summed E-state index contributed by atoms with van der Waals surface area (Å²) in [5.74, 6) is 0.164. The molecule has 10 nitrogen and oxygen atoms in total. The number of ether oxygens (including phenoxy) is 4. The first-order valence-corrected chi connectivity index (χ1v) is 18.3. The van der Waals surface area contributed by atoms with Crippen LogP contribution in [-0.4, -0.2) is 63.7 Å². The number of carbonyl (C=O) groups excluding carboxylic acids is 1. The number of benzene rings is 4. The third-order valence-corrected chi connectivity index (χ3v) is 10.0. The van der Waals surface area contributed by atoms with Gasteiger partial charge < -0.3 is 24.3 Å². The monoisotopic (exact) mass is 749 g/mol. The Morgan fingerprint density at radius 3 is 2.15 bits per heavy atom. The first-order chi connectivity index (χ1) is 26.3. The zero-order valence-corrected chi connectivity index (χ0v) is 30.9. The van der Waals surface area contributed by atoms with E-state index in [0.717, 1.165) is 29.5 Å². The fourth-order valence-electron chi connectivity index (χ4n) is 6.94. The van der Waals surface area contributed by atoms with Gasteiger partial charge in [0, 0.05) is 6.61 Å². The van der Waals surface area contributed by atoms with Crippen molar-refractivity contribution >= 4 is 34.7 Å². The third kappa shape index (κ3) is 7.02. The fraction of sp³-hybridized carbons (Fsp3) is 0.286. The van der Waals surface area contributed by atoms with Crippen LogP contribution in [0.3, 0.4) is 0 Å². The van der Waals surface area contributed by atoms with Gasteiger partial charge in [0.2, 0.25) is 5.95 Å². The SMILES string of the molecule is CCCCOC[C@H]1O[C@@H](n2cnc3c(Cl)nc(NC(c4ccccc4)(c4ccccc4)c4ccc(OC)cc4)nc32)[C@](C)(OC(=O)c2ccccc2)[C@@H]1F. The fourth-order valence-corrected chi connectivity index (χ4v) is 7.15. The van der Waals surface area contributed by atoms with E-state index in [9.17, 15) is 4.79 Å². The Labute approximate surface area is 318 Å². The Kier molecular flexibility index (Phi) is 10.9. The average molecular weight is 750 g/mol. The van der Waals surface area contributed by atoms with Crippen molar-refractivity contribution in [3.63, 3.8) is 0 Å². The summed E-state index contributed by atoms with van der Waals surface area (Å²) in [6.07, 6.45) is -0.819. The van der Waals surface area contributed by atoms with Gasteiger partial charge in [-0.15, -0.1) is 0 Å². The van der Waals surface area contributed by atoms with E-state index >= 15 is 4.39 Å². The highest BCUT2D eigenvalue weighted by atomic mass is 35.5. The standard InChI is InChI=1S/C42H41ClFN5O5/c1-4-5-25-52-26-33-35(44)41(2,54-38(50)28-15-9-6-10-16-28)39(53-33)49-27-45-34-36(43)46-40(47-37(34)49)48-42(29-17-11-7-12-18-29,30-19-13-8-14-20-30)31-21-23-32(51-3)24-22-31/h6-24,27,33,35,39H,4-5,25-26H2,1-3H3,(H,46,47,48)/t33-,35-,39-,41-/m1/s1. The topological polar surface area (TPSA) is 110 Å². The van der Waals surface area contributed by atoms with Gasteiger partial charge in [-0.3, -0.25) is 4.57 Å². The quantitative estimate of drug-likeness (QED) is 0.0507. The largest absolute Gasteiger partial charge is 0.497 e.